The standard InChI is InChI=1S/C26H26N4O2/c31-25-18-6-2-5-17-24(30-29-19-11-3-1-4-12-19)20-13-7-9-15-22(20)28-26(32)21-14-8-10-16-23(21)27-25/h1,3-4,7-16,29H,2,5-6,17-18H2,(H,27,31)(H,28,32)/b30-24+. The van der Waals surface area contributed by atoms with Gasteiger partial charge >= 0.3 is 0 Å². The molecule has 3 N–H and O–H groups in total. The Kier molecular flexibility index (Phi) is 6.92. The van der Waals surface area contributed by atoms with Gasteiger partial charge in [0.2, 0.25) is 5.91 Å². The molecule has 0 saturated carbocycles. The van der Waals surface area contributed by atoms with Gasteiger partial charge in [0.05, 0.1) is 28.3 Å². The molecule has 0 unspecified atom stereocenters. The van der Waals surface area contributed by atoms with Crippen molar-refractivity contribution in [2.45, 2.75) is 32.1 Å². The van der Waals surface area contributed by atoms with E-state index in [1.54, 1.807) is 18.2 Å². The number of hydrogen-bond donors (Lipinski definition) is 3. The molecule has 0 aliphatic carbocycles. The highest BCUT2D eigenvalue weighted by molar-refractivity contribution is 6.13. The second kappa shape index (κ2) is 10.4. The highest BCUT2D eigenvalue weighted by Crippen LogP contribution is 2.24. The van der Waals surface area contributed by atoms with E-state index in [9.17, 15) is 9.59 Å². The van der Waals surface area contributed by atoms with E-state index in [-0.39, 0.29) is 11.8 Å². The lowest BCUT2D eigenvalue weighted by molar-refractivity contribution is -0.116. The maximum Gasteiger partial charge on any atom is 0.257 e. The van der Waals surface area contributed by atoms with Gasteiger partial charge in [-0.1, -0.05) is 55.0 Å². The maximum absolute atomic E-state index is 13.1. The highest BCUT2D eigenvalue weighted by atomic mass is 16.2. The van der Waals surface area contributed by atoms with Gasteiger partial charge in [-0.25, -0.2) is 0 Å². The van der Waals surface area contributed by atoms with Gasteiger partial charge in [-0.2, -0.15) is 5.10 Å². The first-order valence-corrected chi connectivity index (χ1v) is 10.9. The lowest BCUT2D eigenvalue weighted by Crippen LogP contribution is -2.20. The van der Waals surface area contributed by atoms with Crippen molar-refractivity contribution in [2.24, 2.45) is 5.10 Å². The molecule has 6 nitrogen and oxygen atoms in total. The number of nitrogens with one attached hydrogen (secondary N) is 3. The van der Waals surface area contributed by atoms with Crippen molar-refractivity contribution in [3.63, 3.8) is 0 Å². The molecule has 2 amide bonds. The molecule has 32 heavy (non-hydrogen) atoms. The van der Waals surface area contributed by atoms with Crippen LogP contribution in [0.2, 0.25) is 0 Å². The van der Waals surface area contributed by atoms with Crippen LogP contribution in [0.3, 0.4) is 0 Å². The number of anilines is 3. The number of carbonyl (C=O) groups excluding carboxylic acids is 2. The summed E-state index contributed by atoms with van der Waals surface area (Å²) in [4.78, 5) is 25.5. The highest BCUT2D eigenvalue weighted by Gasteiger charge is 2.17. The second-order valence-electron chi connectivity index (χ2n) is 7.69. The summed E-state index contributed by atoms with van der Waals surface area (Å²) in [5, 5.41) is 10.6. The van der Waals surface area contributed by atoms with Crippen molar-refractivity contribution < 1.29 is 9.59 Å². The Morgan fingerprint density at radius 2 is 1.28 bits per heavy atom. The summed E-state index contributed by atoms with van der Waals surface area (Å²) in [6, 6.07) is 24.5. The van der Waals surface area contributed by atoms with Crippen molar-refractivity contribution in [2.75, 3.05) is 16.1 Å². The molecule has 0 spiro atoms. The normalized spacial score (nSPS) is 16.2. The second-order valence-corrected chi connectivity index (χ2v) is 7.69. The van der Waals surface area contributed by atoms with Crippen LogP contribution in [-0.4, -0.2) is 17.5 Å². The number of fused-ring (bicyclic) bond motifs is 2. The Morgan fingerprint density at radius 1 is 0.656 bits per heavy atom. The minimum atomic E-state index is -0.277. The molecule has 4 rings (SSSR count). The molecule has 0 atom stereocenters. The van der Waals surface area contributed by atoms with Crippen molar-refractivity contribution in [1.29, 1.82) is 0 Å². The molecule has 6 heteroatoms. The summed E-state index contributed by atoms with van der Waals surface area (Å²) >= 11 is 0. The minimum Gasteiger partial charge on any atom is -0.325 e. The molecule has 0 aromatic heterocycles. The summed E-state index contributed by atoms with van der Waals surface area (Å²) < 4.78 is 0. The maximum atomic E-state index is 13.1. The zero-order chi connectivity index (χ0) is 22.2. The van der Waals surface area contributed by atoms with E-state index < -0.39 is 0 Å². The predicted octanol–water partition coefficient (Wildman–Crippen LogP) is 5.66. The van der Waals surface area contributed by atoms with Gasteiger partial charge in [0.15, 0.2) is 0 Å². The first-order chi connectivity index (χ1) is 15.7. The van der Waals surface area contributed by atoms with Gasteiger partial charge in [0.25, 0.3) is 5.91 Å². The van der Waals surface area contributed by atoms with Crippen molar-refractivity contribution in [3.8, 4) is 0 Å². The molecule has 162 valence electrons. The molecular weight excluding hydrogens is 400 g/mol. The van der Waals surface area contributed by atoms with Gasteiger partial charge in [0.1, 0.15) is 0 Å². The first-order valence-electron chi connectivity index (χ1n) is 10.9. The van der Waals surface area contributed by atoms with E-state index >= 15 is 0 Å². The van der Waals surface area contributed by atoms with Crippen LogP contribution < -0.4 is 16.1 Å². The molecule has 0 fully saturated rings. The van der Waals surface area contributed by atoms with Gasteiger partial charge in [0, 0.05) is 12.0 Å². The Morgan fingerprint density at radius 3 is 2.06 bits per heavy atom. The van der Waals surface area contributed by atoms with Crippen LogP contribution in [-0.2, 0) is 4.79 Å². The summed E-state index contributed by atoms with van der Waals surface area (Å²) in [5.74, 6) is -0.358. The zero-order valence-electron chi connectivity index (χ0n) is 17.8. The average molecular weight is 427 g/mol. The number of carbonyl (C=O) groups is 2. The van der Waals surface area contributed by atoms with E-state index in [1.807, 2.05) is 60.7 Å². The number of hydrogen-bond acceptors (Lipinski definition) is 4. The number of rotatable bonds is 2. The number of benzene rings is 3. The summed E-state index contributed by atoms with van der Waals surface area (Å²) in [6.07, 6.45) is 3.73. The molecule has 3 aromatic carbocycles. The Balaban J connectivity index is 1.69. The van der Waals surface area contributed by atoms with Gasteiger partial charge in [-0.15, -0.1) is 0 Å². The fourth-order valence-corrected chi connectivity index (χ4v) is 3.69. The monoisotopic (exact) mass is 426 g/mol. The van der Waals surface area contributed by atoms with Crippen LogP contribution >= 0.6 is 0 Å². The average Bonchev–Trinajstić information content (AvgIpc) is 2.82. The third-order valence-electron chi connectivity index (χ3n) is 5.34. The van der Waals surface area contributed by atoms with Crippen molar-refractivity contribution >= 4 is 34.6 Å². The fraction of sp³-hybridized carbons (Fsp3) is 0.192. The van der Waals surface area contributed by atoms with Crippen LogP contribution in [0.4, 0.5) is 17.1 Å². The number of amides is 2. The molecule has 1 aliphatic heterocycles. The lowest BCUT2D eigenvalue weighted by Gasteiger charge is -2.16. The largest absolute Gasteiger partial charge is 0.325 e. The van der Waals surface area contributed by atoms with E-state index in [1.165, 1.54) is 0 Å². The van der Waals surface area contributed by atoms with E-state index in [0.717, 1.165) is 42.6 Å². The van der Waals surface area contributed by atoms with Crippen LogP contribution in [0.1, 0.15) is 48.0 Å². The first kappa shape index (κ1) is 21.3. The Labute approximate surface area is 187 Å². The molecule has 3 aromatic rings. The quantitative estimate of drug-likeness (QED) is 0.463. The van der Waals surface area contributed by atoms with Gasteiger partial charge < -0.3 is 10.6 Å². The summed E-state index contributed by atoms with van der Waals surface area (Å²) in [6.45, 7) is 0. The molecule has 0 radical (unpaired) electrons. The molecule has 0 bridgehead atoms. The number of hydrazone groups is 1. The molecule has 0 saturated heterocycles. The third-order valence-corrected chi connectivity index (χ3v) is 5.34. The topological polar surface area (TPSA) is 82.6 Å². The Bertz CT molecular complexity index is 1130. The van der Waals surface area contributed by atoms with Gasteiger partial charge in [-0.05, 0) is 49.6 Å². The van der Waals surface area contributed by atoms with Crippen LogP contribution in [0.5, 0.6) is 0 Å². The SMILES string of the molecule is O=C1CCCCC/C(=N\Nc2ccccc2)c2ccccc2NC(=O)c2ccccc2N1. The summed E-state index contributed by atoms with van der Waals surface area (Å²) in [5.41, 5.74) is 7.40. The van der Waals surface area contributed by atoms with Gasteiger partial charge in [-0.3, -0.25) is 15.0 Å². The van der Waals surface area contributed by atoms with E-state index in [0.29, 0.717) is 23.4 Å². The molecular formula is C26H26N4O2. The van der Waals surface area contributed by atoms with Crippen molar-refractivity contribution in [1.82, 2.24) is 0 Å². The van der Waals surface area contributed by atoms with E-state index in [4.69, 9.17) is 0 Å². The van der Waals surface area contributed by atoms with Crippen LogP contribution in [0, 0.1) is 0 Å². The fourth-order valence-electron chi connectivity index (χ4n) is 3.69. The number of nitrogens with zero attached hydrogens (tertiary/aromatic N) is 1. The van der Waals surface area contributed by atoms with Crippen LogP contribution in [0.25, 0.3) is 0 Å². The summed E-state index contributed by atoms with van der Waals surface area (Å²) in [7, 11) is 0. The van der Waals surface area contributed by atoms with Crippen molar-refractivity contribution in [3.05, 3.63) is 90.0 Å². The molecule has 1 heterocycles. The zero-order valence-corrected chi connectivity index (χ0v) is 17.8. The van der Waals surface area contributed by atoms with E-state index in [2.05, 4.69) is 21.2 Å². The number of para-hydroxylation sites is 3. The van der Waals surface area contributed by atoms with Crippen LogP contribution in [0.15, 0.2) is 84.0 Å². The lowest BCUT2D eigenvalue weighted by atomic mass is 10.0. The Hall–Kier alpha value is -3.93. The third kappa shape index (κ3) is 5.40. The molecule has 1 aliphatic rings. The smallest absolute Gasteiger partial charge is 0.257 e. The predicted molar refractivity (Wildman–Crippen MR) is 129 cm³/mol. The minimum absolute atomic E-state index is 0.0812.